The highest BCUT2D eigenvalue weighted by Crippen LogP contribution is 2.52. The molecule has 1 saturated heterocycles. The van der Waals surface area contributed by atoms with Crippen LogP contribution in [0.15, 0.2) is 65.2 Å². The monoisotopic (exact) mass is 439 g/mol. The van der Waals surface area contributed by atoms with Gasteiger partial charge in [0, 0.05) is 16.1 Å². The molecule has 28 heavy (non-hydrogen) atoms. The van der Waals surface area contributed by atoms with Gasteiger partial charge >= 0.3 is 5.97 Å². The van der Waals surface area contributed by atoms with Crippen molar-refractivity contribution in [3.63, 3.8) is 0 Å². The molecule has 1 saturated carbocycles. The predicted octanol–water partition coefficient (Wildman–Crippen LogP) is 4.68. The zero-order valence-corrected chi connectivity index (χ0v) is 17.1. The van der Waals surface area contributed by atoms with Crippen LogP contribution in [-0.4, -0.2) is 18.5 Å². The third-order valence-electron chi connectivity index (χ3n) is 5.72. The molecule has 1 aliphatic heterocycles. The third-order valence-corrected chi connectivity index (χ3v) is 6.21. The molecule has 2 aromatic rings. The van der Waals surface area contributed by atoms with Gasteiger partial charge in [0.15, 0.2) is 0 Å². The van der Waals surface area contributed by atoms with Gasteiger partial charge in [-0.05, 0) is 54.7 Å². The van der Waals surface area contributed by atoms with Crippen LogP contribution in [0.25, 0.3) is 0 Å². The summed E-state index contributed by atoms with van der Waals surface area (Å²) < 4.78 is 6.30. The van der Waals surface area contributed by atoms with E-state index >= 15 is 0 Å². The number of carbonyl (C=O) groups is 2. The maximum atomic E-state index is 12.4. The van der Waals surface area contributed by atoms with Crippen molar-refractivity contribution >= 4 is 33.5 Å². The lowest BCUT2D eigenvalue weighted by Gasteiger charge is -2.24. The summed E-state index contributed by atoms with van der Waals surface area (Å²) in [6.07, 6.45) is 2.55. The second-order valence-electron chi connectivity index (χ2n) is 7.81. The summed E-state index contributed by atoms with van der Waals surface area (Å²) in [5, 5.41) is 2.93. The number of ether oxygens (including phenoxy) is 1. The van der Waals surface area contributed by atoms with E-state index in [1.165, 1.54) is 0 Å². The molecule has 2 aromatic carbocycles. The Balaban J connectivity index is 1.41. The first-order chi connectivity index (χ1) is 13.4. The summed E-state index contributed by atoms with van der Waals surface area (Å²) in [7, 11) is 0. The lowest BCUT2D eigenvalue weighted by Crippen LogP contribution is -2.31. The highest BCUT2D eigenvalue weighted by molar-refractivity contribution is 9.10. The van der Waals surface area contributed by atoms with Crippen molar-refractivity contribution in [3.8, 4) is 0 Å². The van der Waals surface area contributed by atoms with E-state index < -0.39 is 5.41 Å². The maximum absolute atomic E-state index is 12.4. The van der Waals surface area contributed by atoms with Gasteiger partial charge in [0.2, 0.25) is 5.91 Å². The average molecular weight is 440 g/mol. The Morgan fingerprint density at radius 2 is 2.00 bits per heavy atom. The van der Waals surface area contributed by atoms with Crippen LogP contribution in [-0.2, 0) is 27.2 Å². The van der Waals surface area contributed by atoms with E-state index in [0.29, 0.717) is 25.9 Å². The molecule has 0 aromatic heterocycles. The van der Waals surface area contributed by atoms with Gasteiger partial charge in [-0.15, -0.1) is 0 Å². The van der Waals surface area contributed by atoms with E-state index in [1.54, 1.807) is 0 Å². The Morgan fingerprint density at radius 1 is 1.21 bits per heavy atom. The summed E-state index contributed by atoms with van der Waals surface area (Å²) in [6.45, 7) is 4.59. The first kappa shape index (κ1) is 18.9. The largest absolute Gasteiger partial charge is 0.465 e. The number of hydrogen-bond donors (Lipinski definition) is 1. The number of esters is 1. The summed E-state index contributed by atoms with van der Waals surface area (Å²) in [6, 6.07) is 15.5. The molecule has 4 nitrogen and oxygen atoms in total. The summed E-state index contributed by atoms with van der Waals surface area (Å²) in [5.74, 6) is 0.0793. The third kappa shape index (κ3) is 3.76. The van der Waals surface area contributed by atoms with Crippen molar-refractivity contribution < 1.29 is 14.3 Å². The van der Waals surface area contributed by atoms with Gasteiger partial charge in [-0.2, -0.15) is 0 Å². The lowest BCUT2D eigenvalue weighted by atomic mass is 9.75. The number of rotatable bonds is 5. The Hall–Kier alpha value is -2.40. The second kappa shape index (κ2) is 7.55. The van der Waals surface area contributed by atoms with E-state index in [9.17, 15) is 9.59 Å². The van der Waals surface area contributed by atoms with Crippen LogP contribution >= 0.6 is 15.9 Å². The Labute approximate surface area is 173 Å². The fourth-order valence-corrected chi connectivity index (χ4v) is 4.82. The number of halogens is 1. The molecule has 2 atom stereocenters. The molecule has 144 valence electrons. The molecular formula is C23H22BrNO3. The fraction of sp³-hybridized carbons (Fsp3) is 0.304. The number of allylic oxidation sites excluding steroid dienone is 1. The molecule has 1 amide bonds. The second-order valence-corrected chi connectivity index (χ2v) is 8.73. The number of nitrogens with one attached hydrogen (secondary N) is 1. The number of anilines is 1. The van der Waals surface area contributed by atoms with Crippen LogP contribution in [0.3, 0.4) is 0 Å². The van der Waals surface area contributed by atoms with Crippen LogP contribution in [0.4, 0.5) is 5.69 Å². The summed E-state index contributed by atoms with van der Waals surface area (Å²) >= 11 is 3.42. The number of cyclic esters (lactones) is 1. The van der Waals surface area contributed by atoms with Gasteiger partial charge in [0.25, 0.3) is 0 Å². The molecule has 0 bridgehead atoms. The molecule has 2 fully saturated rings. The molecule has 4 rings (SSSR count). The van der Waals surface area contributed by atoms with Crippen LogP contribution in [0.1, 0.15) is 24.0 Å². The minimum absolute atomic E-state index is 0.0593. The molecule has 1 N–H and O–H groups in total. The Kier molecular flexibility index (Phi) is 5.11. The van der Waals surface area contributed by atoms with Crippen molar-refractivity contribution in [2.24, 2.45) is 11.3 Å². The van der Waals surface area contributed by atoms with Crippen molar-refractivity contribution in [3.05, 3.63) is 76.3 Å². The quantitative estimate of drug-likeness (QED) is 0.543. The molecule has 0 spiro atoms. The van der Waals surface area contributed by atoms with Crippen LogP contribution < -0.4 is 5.32 Å². The first-order valence-electron chi connectivity index (χ1n) is 9.42. The standard InChI is InChI=1S/C23H22BrNO3/c1-15-9-18-14-28-22(27)23(18,12-15)13-16-5-7-20(8-6-16)25-21(26)11-17-3-2-4-19(24)10-17/h2-8,10,18H,1,9,11-14H2,(H,25,26)/t18-,23+/m1/s1. The van der Waals surface area contributed by atoms with E-state index in [0.717, 1.165) is 33.3 Å². The summed E-state index contributed by atoms with van der Waals surface area (Å²) in [4.78, 5) is 24.7. The van der Waals surface area contributed by atoms with Gasteiger partial charge in [0.1, 0.15) is 0 Å². The molecule has 0 radical (unpaired) electrons. The topological polar surface area (TPSA) is 55.4 Å². The minimum atomic E-state index is -0.456. The average Bonchev–Trinajstić information content (AvgIpc) is 3.11. The summed E-state index contributed by atoms with van der Waals surface area (Å²) in [5.41, 5.74) is 3.46. The van der Waals surface area contributed by atoms with Crippen LogP contribution in [0, 0.1) is 11.3 Å². The van der Waals surface area contributed by atoms with E-state index in [2.05, 4.69) is 27.8 Å². The SMILES string of the molecule is C=C1C[C@@H]2COC(=O)[C@]2(Cc2ccc(NC(=O)Cc3cccc(Br)c3)cc2)C1. The van der Waals surface area contributed by atoms with Gasteiger partial charge in [0.05, 0.1) is 18.4 Å². The van der Waals surface area contributed by atoms with Crippen LogP contribution in [0.5, 0.6) is 0 Å². The van der Waals surface area contributed by atoms with Crippen molar-refractivity contribution in [2.75, 3.05) is 11.9 Å². The minimum Gasteiger partial charge on any atom is -0.465 e. The first-order valence-corrected chi connectivity index (χ1v) is 10.2. The number of carbonyl (C=O) groups excluding carboxylic acids is 2. The van der Waals surface area contributed by atoms with Crippen molar-refractivity contribution in [2.45, 2.75) is 25.7 Å². The van der Waals surface area contributed by atoms with Gasteiger partial charge in [-0.25, -0.2) is 0 Å². The molecular weight excluding hydrogens is 418 g/mol. The van der Waals surface area contributed by atoms with Gasteiger partial charge in [-0.1, -0.05) is 52.3 Å². The lowest BCUT2D eigenvalue weighted by molar-refractivity contribution is -0.146. The predicted molar refractivity (Wildman–Crippen MR) is 112 cm³/mol. The van der Waals surface area contributed by atoms with E-state index in [-0.39, 0.29) is 17.8 Å². The molecule has 1 heterocycles. The Bertz CT molecular complexity index is 937. The Morgan fingerprint density at radius 3 is 2.75 bits per heavy atom. The number of benzene rings is 2. The normalized spacial score (nSPS) is 23.4. The highest BCUT2D eigenvalue weighted by atomic mass is 79.9. The van der Waals surface area contributed by atoms with Crippen molar-refractivity contribution in [1.82, 2.24) is 0 Å². The van der Waals surface area contributed by atoms with E-state index in [4.69, 9.17) is 4.74 Å². The zero-order chi connectivity index (χ0) is 19.7. The molecule has 2 aliphatic rings. The van der Waals surface area contributed by atoms with E-state index in [1.807, 2.05) is 48.5 Å². The molecule has 1 aliphatic carbocycles. The van der Waals surface area contributed by atoms with Gasteiger partial charge in [-0.3, -0.25) is 9.59 Å². The zero-order valence-electron chi connectivity index (χ0n) is 15.5. The highest BCUT2D eigenvalue weighted by Gasteiger charge is 2.55. The van der Waals surface area contributed by atoms with Gasteiger partial charge < -0.3 is 10.1 Å². The molecule has 5 heteroatoms. The fourth-order valence-electron chi connectivity index (χ4n) is 4.37. The molecule has 0 unspecified atom stereocenters. The van der Waals surface area contributed by atoms with Crippen LogP contribution in [0.2, 0.25) is 0 Å². The smallest absolute Gasteiger partial charge is 0.313 e. The van der Waals surface area contributed by atoms with Crippen molar-refractivity contribution in [1.29, 1.82) is 0 Å². The number of hydrogen-bond acceptors (Lipinski definition) is 3. The maximum Gasteiger partial charge on any atom is 0.313 e. The number of fused-ring (bicyclic) bond motifs is 1. The number of amides is 1.